The van der Waals surface area contributed by atoms with E-state index in [1.54, 1.807) is 6.08 Å². The number of aromatic amines is 1. The van der Waals surface area contributed by atoms with E-state index in [2.05, 4.69) is 20.2 Å². The topological polar surface area (TPSA) is 115 Å². The first kappa shape index (κ1) is 13.4. The largest absolute Gasteiger partial charge is 0.477 e. The van der Waals surface area contributed by atoms with Gasteiger partial charge in [0.1, 0.15) is 5.69 Å². The lowest BCUT2D eigenvalue weighted by Crippen LogP contribution is -1.95. The van der Waals surface area contributed by atoms with Crippen molar-refractivity contribution in [3.63, 3.8) is 0 Å². The molecule has 0 aliphatic rings. The number of hydrogen-bond donors (Lipinski definition) is 2. The van der Waals surface area contributed by atoms with E-state index in [-0.39, 0.29) is 5.69 Å². The lowest BCUT2D eigenvalue weighted by Gasteiger charge is -1.97. The molecule has 0 fully saturated rings. The Balaban J connectivity index is 2.12. The van der Waals surface area contributed by atoms with Crippen molar-refractivity contribution in [1.82, 2.24) is 10.2 Å². The highest BCUT2D eigenvalue weighted by Crippen LogP contribution is 2.18. The SMILES string of the molecule is [N-]=[N+]=NCC=Cc1ccc(-c2cc(C(=O)O)[nH]n2)cc1. The minimum absolute atomic E-state index is 0.0540. The highest BCUT2D eigenvalue weighted by Gasteiger charge is 2.08. The fourth-order valence-corrected chi connectivity index (χ4v) is 1.62. The molecule has 0 aliphatic heterocycles. The molecule has 7 heteroatoms. The summed E-state index contributed by atoms with van der Waals surface area (Å²) in [7, 11) is 0. The molecule has 2 N–H and O–H groups in total. The third kappa shape index (κ3) is 3.24. The first-order valence-corrected chi connectivity index (χ1v) is 5.77. The number of aromatic nitrogens is 2. The summed E-state index contributed by atoms with van der Waals surface area (Å²) in [6.07, 6.45) is 3.59. The van der Waals surface area contributed by atoms with Gasteiger partial charge in [0.15, 0.2) is 0 Å². The minimum atomic E-state index is -1.04. The van der Waals surface area contributed by atoms with Crippen LogP contribution in [0.1, 0.15) is 16.1 Å². The van der Waals surface area contributed by atoms with Crippen LogP contribution in [-0.2, 0) is 0 Å². The second-order valence-electron chi connectivity index (χ2n) is 3.91. The molecule has 1 aromatic heterocycles. The normalized spacial score (nSPS) is 10.4. The summed E-state index contributed by atoms with van der Waals surface area (Å²) in [5.74, 6) is -1.04. The van der Waals surface area contributed by atoms with Gasteiger partial charge in [0.2, 0.25) is 0 Å². The average Bonchev–Trinajstić information content (AvgIpc) is 2.94. The van der Waals surface area contributed by atoms with Crippen LogP contribution in [0.4, 0.5) is 0 Å². The van der Waals surface area contributed by atoms with Gasteiger partial charge in [0.05, 0.1) is 5.69 Å². The summed E-state index contributed by atoms with van der Waals surface area (Å²) >= 11 is 0. The Hall–Kier alpha value is -3.05. The number of azide groups is 1. The highest BCUT2D eigenvalue weighted by atomic mass is 16.4. The summed E-state index contributed by atoms with van der Waals surface area (Å²) in [5.41, 5.74) is 10.5. The van der Waals surface area contributed by atoms with Crippen molar-refractivity contribution in [3.05, 3.63) is 58.1 Å². The Morgan fingerprint density at radius 3 is 2.80 bits per heavy atom. The van der Waals surface area contributed by atoms with Crippen molar-refractivity contribution in [2.45, 2.75) is 0 Å². The standard InChI is InChI=1S/C13H11N5O2/c14-18-15-7-1-2-9-3-5-10(6-4-9)11-8-12(13(19)20)17-16-11/h1-6,8H,7H2,(H,16,17)(H,19,20). The van der Waals surface area contributed by atoms with Gasteiger partial charge in [-0.3, -0.25) is 5.10 Å². The maximum Gasteiger partial charge on any atom is 0.353 e. The summed E-state index contributed by atoms with van der Waals surface area (Å²) < 4.78 is 0. The number of carboxylic acid groups (broad SMARTS) is 1. The van der Waals surface area contributed by atoms with Crippen molar-refractivity contribution in [3.8, 4) is 11.3 Å². The van der Waals surface area contributed by atoms with Gasteiger partial charge in [-0.25, -0.2) is 4.79 Å². The number of nitrogens with zero attached hydrogens (tertiary/aromatic N) is 4. The highest BCUT2D eigenvalue weighted by molar-refractivity contribution is 5.86. The quantitative estimate of drug-likeness (QED) is 0.493. The molecule has 0 spiro atoms. The van der Waals surface area contributed by atoms with E-state index in [0.29, 0.717) is 12.2 Å². The molecule has 100 valence electrons. The first-order valence-electron chi connectivity index (χ1n) is 5.77. The van der Waals surface area contributed by atoms with Gasteiger partial charge in [-0.2, -0.15) is 5.10 Å². The molecule has 2 rings (SSSR count). The predicted octanol–water partition coefficient (Wildman–Crippen LogP) is 3.10. The molecule has 0 aliphatic carbocycles. The predicted molar refractivity (Wildman–Crippen MR) is 74.0 cm³/mol. The van der Waals surface area contributed by atoms with Gasteiger partial charge in [-0.1, -0.05) is 41.5 Å². The van der Waals surface area contributed by atoms with Crippen LogP contribution in [-0.4, -0.2) is 27.8 Å². The minimum Gasteiger partial charge on any atom is -0.477 e. The number of benzene rings is 1. The number of hydrogen-bond acceptors (Lipinski definition) is 3. The molecule has 0 atom stereocenters. The number of carboxylic acids is 1. The smallest absolute Gasteiger partial charge is 0.353 e. The van der Waals surface area contributed by atoms with Crippen LogP contribution in [0.3, 0.4) is 0 Å². The number of rotatable bonds is 5. The molecule has 0 amide bonds. The summed E-state index contributed by atoms with van der Waals surface area (Å²) in [6, 6.07) is 8.91. The van der Waals surface area contributed by atoms with Gasteiger partial charge in [0.25, 0.3) is 0 Å². The van der Waals surface area contributed by atoms with Gasteiger partial charge in [0, 0.05) is 17.0 Å². The van der Waals surface area contributed by atoms with E-state index in [1.807, 2.05) is 30.3 Å². The van der Waals surface area contributed by atoms with Gasteiger partial charge in [-0.15, -0.1) is 0 Å². The maximum atomic E-state index is 10.8. The molecular formula is C13H11N5O2. The maximum absolute atomic E-state index is 10.8. The zero-order valence-electron chi connectivity index (χ0n) is 10.4. The van der Waals surface area contributed by atoms with Crippen molar-refractivity contribution >= 4 is 12.0 Å². The Morgan fingerprint density at radius 1 is 1.45 bits per heavy atom. The van der Waals surface area contributed by atoms with Gasteiger partial charge < -0.3 is 5.11 Å². The Morgan fingerprint density at radius 2 is 2.20 bits per heavy atom. The van der Waals surface area contributed by atoms with Crippen LogP contribution in [0.5, 0.6) is 0 Å². The zero-order valence-corrected chi connectivity index (χ0v) is 10.4. The summed E-state index contributed by atoms with van der Waals surface area (Å²) in [4.78, 5) is 13.4. The third-order valence-electron chi connectivity index (χ3n) is 2.58. The fraction of sp³-hybridized carbons (Fsp3) is 0.0769. The monoisotopic (exact) mass is 269 g/mol. The summed E-state index contributed by atoms with van der Waals surface area (Å²) in [6.45, 7) is 0.305. The van der Waals surface area contributed by atoms with E-state index in [4.69, 9.17) is 10.6 Å². The lowest BCUT2D eigenvalue weighted by molar-refractivity contribution is 0.0690. The van der Waals surface area contributed by atoms with Crippen molar-refractivity contribution in [2.75, 3.05) is 6.54 Å². The Labute approximate surface area is 114 Å². The fourth-order valence-electron chi connectivity index (χ4n) is 1.62. The molecule has 1 heterocycles. The van der Waals surface area contributed by atoms with Gasteiger partial charge in [-0.05, 0) is 17.2 Å². The third-order valence-corrected chi connectivity index (χ3v) is 2.58. The molecule has 1 aromatic carbocycles. The van der Waals surface area contributed by atoms with Crippen molar-refractivity contribution in [2.24, 2.45) is 5.11 Å². The second kappa shape index (κ2) is 6.21. The van der Waals surface area contributed by atoms with Crippen molar-refractivity contribution < 1.29 is 9.90 Å². The number of aromatic carboxylic acids is 1. The van der Waals surface area contributed by atoms with E-state index >= 15 is 0 Å². The van der Waals surface area contributed by atoms with Crippen LogP contribution in [0.25, 0.3) is 27.8 Å². The Kier molecular flexibility index (Phi) is 4.16. The molecule has 0 saturated carbocycles. The lowest BCUT2D eigenvalue weighted by atomic mass is 10.1. The molecule has 0 saturated heterocycles. The molecule has 0 bridgehead atoms. The molecule has 0 radical (unpaired) electrons. The molecule has 20 heavy (non-hydrogen) atoms. The zero-order chi connectivity index (χ0) is 14.4. The van der Waals surface area contributed by atoms with E-state index in [9.17, 15) is 4.79 Å². The number of nitrogens with one attached hydrogen (secondary N) is 1. The van der Waals surface area contributed by atoms with Crippen LogP contribution in [0, 0.1) is 0 Å². The molecule has 0 unspecified atom stereocenters. The van der Waals surface area contributed by atoms with Gasteiger partial charge >= 0.3 is 5.97 Å². The van der Waals surface area contributed by atoms with Crippen LogP contribution in [0.15, 0.2) is 41.5 Å². The van der Waals surface area contributed by atoms with Crippen LogP contribution in [0.2, 0.25) is 0 Å². The first-order chi connectivity index (χ1) is 9.70. The Bertz CT molecular complexity index is 681. The number of carbonyl (C=O) groups is 1. The van der Waals surface area contributed by atoms with E-state index in [1.165, 1.54) is 6.07 Å². The van der Waals surface area contributed by atoms with Crippen LogP contribution >= 0.6 is 0 Å². The van der Waals surface area contributed by atoms with Crippen LogP contribution < -0.4 is 0 Å². The molecule has 7 nitrogen and oxygen atoms in total. The average molecular weight is 269 g/mol. The second-order valence-corrected chi connectivity index (χ2v) is 3.91. The molecular weight excluding hydrogens is 258 g/mol. The summed E-state index contributed by atoms with van der Waals surface area (Å²) in [5, 5.41) is 18.6. The molecule has 2 aromatic rings. The van der Waals surface area contributed by atoms with E-state index in [0.717, 1.165) is 11.1 Å². The number of H-pyrrole nitrogens is 1. The van der Waals surface area contributed by atoms with Crippen molar-refractivity contribution in [1.29, 1.82) is 0 Å². The van der Waals surface area contributed by atoms with E-state index < -0.39 is 5.97 Å².